The van der Waals surface area contributed by atoms with E-state index in [9.17, 15) is 4.79 Å². The second-order valence-electron chi connectivity index (χ2n) is 3.31. The molecule has 0 fully saturated rings. The van der Waals surface area contributed by atoms with Gasteiger partial charge in [-0.3, -0.25) is 4.79 Å². The molecule has 0 radical (unpaired) electrons. The molecule has 0 saturated carbocycles. The van der Waals surface area contributed by atoms with Crippen molar-refractivity contribution in [3.8, 4) is 12.1 Å². The maximum absolute atomic E-state index is 12.0. The molecular formula is C12H10ClN3O. The van der Waals surface area contributed by atoms with Gasteiger partial charge in [0.15, 0.2) is 0 Å². The van der Waals surface area contributed by atoms with Crippen LogP contribution in [0.25, 0.3) is 0 Å². The van der Waals surface area contributed by atoms with Crippen molar-refractivity contribution in [1.29, 1.82) is 10.5 Å². The molecule has 5 heteroatoms. The second-order valence-corrected chi connectivity index (χ2v) is 3.58. The van der Waals surface area contributed by atoms with Crippen molar-refractivity contribution < 1.29 is 4.79 Å². The highest BCUT2D eigenvalue weighted by Gasteiger charge is 2.15. The molecule has 0 bridgehead atoms. The van der Waals surface area contributed by atoms with E-state index in [-0.39, 0.29) is 19.0 Å². The third-order valence-corrected chi connectivity index (χ3v) is 2.45. The number of nitriles is 2. The highest BCUT2D eigenvalue weighted by Crippen LogP contribution is 2.10. The van der Waals surface area contributed by atoms with Crippen LogP contribution in [-0.2, 0) is 5.88 Å². The predicted octanol–water partition coefficient (Wildman–Crippen LogP) is 1.91. The van der Waals surface area contributed by atoms with Crippen molar-refractivity contribution in [2.24, 2.45) is 0 Å². The van der Waals surface area contributed by atoms with Crippen LogP contribution in [0, 0.1) is 22.7 Å². The van der Waals surface area contributed by atoms with Gasteiger partial charge in [0.05, 0.1) is 12.1 Å². The number of halogens is 1. The minimum Gasteiger partial charge on any atom is -0.312 e. The fourth-order valence-electron chi connectivity index (χ4n) is 1.34. The van der Waals surface area contributed by atoms with Gasteiger partial charge in [0.2, 0.25) is 0 Å². The fraction of sp³-hybridized carbons (Fsp3) is 0.250. The number of nitrogens with zero attached hydrogens (tertiary/aromatic N) is 3. The molecule has 1 rings (SSSR count). The van der Waals surface area contributed by atoms with Gasteiger partial charge in [0, 0.05) is 11.4 Å². The molecule has 0 N–H and O–H groups in total. The molecule has 86 valence electrons. The summed E-state index contributed by atoms with van der Waals surface area (Å²) in [4.78, 5) is 13.2. The second kappa shape index (κ2) is 6.52. The van der Waals surface area contributed by atoms with Crippen LogP contribution in [0.1, 0.15) is 15.9 Å². The summed E-state index contributed by atoms with van der Waals surface area (Å²) < 4.78 is 0. The largest absolute Gasteiger partial charge is 0.312 e. The number of benzene rings is 1. The van der Waals surface area contributed by atoms with Crippen LogP contribution in [-0.4, -0.2) is 23.9 Å². The van der Waals surface area contributed by atoms with Crippen molar-refractivity contribution in [2.75, 3.05) is 13.1 Å². The maximum atomic E-state index is 12.0. The lowest BCUT2D eigenvalue weighted by Gasteiger charge is -2.15. The Hall–Kier alpha value is -2.04. The van der Waals surface area contributed by atoms with Crippen molar-refractivity contribution in [3.63, 3.8) is 0 Å². The molecule has 0 spiro atoms. The summed E-state index contributed by atoms with van der Waals surface area (Å²) in [5.74, 6) is -0.0162. The predicted molar refractivity (Wildman–Crippen MR) is 63.1 cm³/mol. The van der Waals surface area contributed by atoms with E-state index in [1.54, 1.807) is 18.2 Å². The van der Waals surface area contributed by atoms with Gasteiger partial charge in [0.1, 0.15) is 13.1 Å². The smallest absolute Gasteiger partial charge is 0.255 e. The lowest BCUT2D eigenvalue weighted by molar-refractivity contribution is 0.0794. The van der Waals surface area contributed by atoms with Gasteiger partial charge in [0.25, 0.3) is 5.91 Å². The molecule has 0 aliphatic heterocycles. The number of carbonyl (C=O) groups is 1. The summed E-state index contributed by atoms with van der Waals surface area (Å²) in [7, 11) is 0. The molecule has 0 heterocycles. The quantitative estimate of drug-likeness (QED) is 0.603. The zero-order chi connectivity index (χ0) is 12.7. The average molecular weight is 248 g/mol. The lowest BCUT2D eigenvalue weighted by atomic mass is 10.1. The summed E-state index contributed by atoms with van der Waals surface area (Å²) in [5, 5.41) is 17.2. The van der Waals surface area contributed by atoms with Gasteiger partial charge >= 0.3 is 0 Å². The standard InChI is InChI=1S/C12H10ClN3O/c13-9-10-2-1-3-11(8-10)12(17)16(6-4-14)7-5-15/h1-3,8H,6-7,9H2. The van der Waals surface area contributed by atoms with Gasteiger partial charge in [-0.25, -0.2) is 0 Å². The van der Waals surface area contributed by atoms with E-state index in [4.69, 9.17) is 22.1 Å². The van der Waals surface area contributed by atoms with Crippen LogP contribution in [0.3, 0.4) is 0 Å². The first kappa shape index (κ1) is 13.0. The van der Waals surface area contributed by atoms with E-state index in [0.717, 1.165) is 5.56 Å². The minimum atomic E-state index is -0.333. The van der Waals surface area contributed by atoms with Crippen LogP contribution in [0.2, 0.25) is 0 Å². The first-order valence-corrected chi connectivity index (χ1v) is 5.44. The van der Waals surface area contributed by atoms with Crippen LogP contribution in [0.5, 0.6) is 0 Å². The normalized spacial score (nSPS) is 9.12. The van der Waals surface area contributed by atoms with Gasteiger partial charge in [-0.15, -0.1) is 11.6 Å². The highest BCUT2D eigenvalue weighted by atomic mass is 35.5. The SMILES string of the molecule is N#CCN(CC#N)C(=O)c1cccc(CCl)c1. The minimum absolute atomic E-state index is 0.0997. The van der Waals surface area contributed by atoms with E-state index in [1.165, 1.54) is 4.90 Å². The molecule has 1 aromatic carbocycles. The van der Waals surface area contributed by atoms with Crippen LogP contribution >= 0.6 is 11.6 Å². The first-order chi connectivity index (χ1) is 8.22. The molecule has 17 heavy (non-hydrogen) atoms. The molecular weight excluding hydrogens is 238 g/mol. The number of amides is 1. The monoisotopic (exact) mass is 247 g/mol. The average Bonchev–Trinajstić information content (AvgIpc) is 2.38. The molecule has 0 aliphatic rings. The first-order valence-electron chi connectivity index (χ1n) is 4.91. The van der Waals surface area contributed by atoms with Gasteiger partial charge < -0.3 is 4.90 Å². The van der Waals surface area contributed by atoms with Crippen molar-refractivity contribution in [2.45, 2.75) is 5.88 Å². The Bertz CT molecular complexity index is 471. The molecule has 1 aromatic rings. The van der Waals surface area contributed by atoms with E-state index >= 15 is 0 Å². The number of rotatable bonds is 4. The Morgan fingerprint density at radius 1 is 1.29 bits per heavy atom. The van der Waals surface area contributed by atoms with Gasteiger partial charge in [-0.2, -0.15) is 10.5 Å². The molecule has 0 unspecified atom stereocenters. The van der Waals surface area contributed by atoms with Crippen LogP contribution in [0.4, 0.5) is 0 Å². The zero-order valence-corrected chi connectivity index (χ0v) is 9.81. The Morgan fingerprint density at radius 2 is 1.94 bits per heavy atom. The molecule has 0 aliphatic carbocycles. The topological polar surface area (TPSA) is 67.9 Å². The summed E-state index contributed by atoms with van der Waals surface area (Å²) in [6.45, 7) is -0.199. The number of carbonyl (C=O) groups excluding carboxylic acids is 1. The summed E-state index contributed by atoms with van der Waals surface area (Å²) in [5.41, 5.74) is 1.26. The summed E-state index contributed by atoms with van der Waals surface area (Å²) in [6, 6.07) is 10.6. The summed E-state index contributed by atoms with van der Waals surface area (Å²) in [6.07, 6.45) is 0. The van der Waals surface area contributed by atoms with Gasteiger partial charge in [-0.05, 0) is 17.7 Å². The molecule has 1 amide bonds. The maximum Gasteiger partial charge on any atom is 0.255 e. The lowest BCUT2D eigenvalue weighted by Crippen LogP contribution is -2.31. The molecule has 0 atom stereocenters. The van der Waals surface area contributed by atoms with E-state index in [0.29, 0.717) is 11.4 Å². The van der Waals surface area contributed by atoms with Crippen molar-refractivity contribution in [3.05, 3.63) is 35.4 Å². The molecule has 0 saturated heterocycles. The fourth-order valence-corrected chi connectivity index (χ4v) is 1.51. The Kier molecular flexibility index (Phi) is 5.00. The van der Waals surface area contributed by atoms with E-state index in [1.807, 2.05) is 18.2 Å². The van der Waals surface area contributed by atoms with E-state index in [2.05, 4.69) is 0 Å². The number of hydrogen-bond donors (Lipinski definition) is 0. The highest BCUT2D eigenvalue weighted by molar-refractivity contribution is 6.17. The van der Waals surface area contributed by atoms with E-state index < -0.39 is 0 Å². The Morgan fingerprint density at radius 3 is 2.47 bits per heavy atom. The third-order valence-electron chi connectivity index (χ3n) is 2.14. The summed E-state index contributed by atoms with van der Waals surface area (Å²) >= 11 is 5.68. The molecule has 4 nitrogen and oxygen atoms in total. The van der Waals surface area contributed by atoms with Crippen molar-refractivity contribution >= 4 is 17.5 Å². The van der Waals surface area contributed by atoms with Gasteiger partial charge in [-0.1, -0.05) is 12.1 Å². The Labute approximate surface area is 105 Å². The zero-order valence-electron chi connectivity index (χ0n) is 9.06. The number of hydrogen-bond acceptors (Lipinski definition) is 3. The third kappa shape index (κ3) is 3.48. The Balaban J connectivity index is 2.93. The van der Waals surface area contributed by atoms with Crippen molar-refractivity contribution in [1.82, 2.24) is 4.90 Å². The number of alkyl halides is 1. The molecule has 0 aromatic heterocycles. The van der Waals surface area contributed by atoms with Crippen LogP contribution < -0.4 is 0 Å². The van der Waals surface area contributed by atoms with Crippen LogP contribution in [0.15, 0.2) is 24.3 Å².